The van der Waals surface area contributed by atoms with Gasteiger partial charge in [0.25, 0.3) is 0 Å². The summed E-state index contributed by atoms with van der Waals surface area (Å²) in [6.07, 6.45) is 0. The molecule has 2 N–H and O–H groups in total. The highest BCUT2D eigenvalue weighted by Gasteiger charge is 2.10. The van der Waals surface area contributed by atoms with Crippen molar-refractivity contribution in [3.05, 3.63) is 35.7 Å². The average molecular weight is 231 g/mol. The van der Waals surface area contributed by atoms with E-state index in [0.717, 1.165) is 5.82 Å². The first kappa shape index (κ1) is 11.3. The van der Waals surface area contributed by atoms with Gasteiger partial charge < -0.3 is 5.11 Å². The minimum Gasteiger partial charge on any atom is -0.478 e. The van der Waals surface area contributed by atoms with Crippen molar-refractivity contribution in [3.8, 4) is 11.4 Å². The zero-order valence-electron chi connectivity index (χ0n) is 9.64. The van der Waals surface area contributed by atoms with Crippen LogP contribution in [0.15, 0.2) is 24.3 Å². The Balaban J connectivity index is 2.38. The van der Waals surface area contributed by atoms with E-state index in [4.69, 9.17) is 5.11 Å². The predicted molar refractivity (Wildman–Crippen MR) is 62.9 cm³/mol. The molecule has 0 saturated carbocycles. The number of benzene rings is 1. The topological polar surface area (TPSA) is 78.9 Å². The minimum absolute atomic E-state index is 0.235. The third kappa shape index (κ3) is 2.33. The zero-order valence-corrected chi connectivity index (χ0v) is 9.64. The molecule has 5 nitrogen and oxygen atoms in total. The van der Waals surface area contributed by atoms with Gasteiger partial charge in [0.2, 0.25) is 0 Å². The Hall–Kier alpha value is -2.17. The molecule has 0 amide bonds. The zero-order chi connectivity index (χ0) is 12.4. The van der Waals surface area contributed by atoms with E-state index in [1.807, 2.05) is 13.8 Å². The largest absolute Gasteiger partial charge is 0.478 e. The number of H-pyrrole nitrogens is 1. The van der Waals surface area contributed by atoms with Gasteiger partial charge in [0.15, 0.2) is 5.82 Å². The monoisotopic (exact) mass is 231 g/mol. The van der Waals surface area contributed by atoms with Gasteiger partial charge in [-0.2, -0.15) is 5.10 Å². The molecular formula is C12H13N3O2. The van der Waals surface area contributed by atoms with Crippen molar-refractivity contribution in [2.45, 2.75) is 19.8 Å². The van der Waals surface area contributed by atoms with Crippen LogP contribution in [0.3, 0.4) is 0 Å². The molecule has 1 aromatic heterocycles. The van der Waals surface area contributed by atoms with E-state index in [1.165, 1.54) is 0 Å². The van der Waals surface area contributed by atoms with Crippen LogP contribution in [0.4, 0.5) is 0 Å². The van der Waals surface area contributed by atoms with Crippen LogP contribution >= 0.6 is 0 Å². The lowest BCUT2D eigenvalue weighted by atomic mass is 10.1. The standard InChI is InChI=1S/C12H13N3O2/c1-7(2)10-13-11(15-14-10)8-4-3-5-9(6-8)12(16)17/h3-7H,1-2H3,(H,16,17)(H,13,14,15). The summed E-state index contributed by atoms with van der Waals surface area (Å²) in [6, 6.07) is 6.58. The van der Waals surface area contributed by atoms with E-state index >= 15 is 0 Å². The van der Waals surface area contributed by atoms with E-state index in [9.17, 15) is 4.79 Å². The van der Waals surface area contributed by atoms with Gasteiger partial charge in [0, 0.05) is 11.5 Å². The van der Waals surface area contributed by atoms with Crippen molar-refractivity contribution in [3.63, 3.8) is 0 Å². The van der Waals surface area contributed by atoms with Crippen LogP contribution < -0.4 is 0 Å². The molecule has 0 fully saturated rings. The Labute approximate surface area is 98.5 Å². The molecule has 1 aromatic carbocycles. The molecule has 0 aliphatic rings. The molecule has 0 bridgehead atoms. The number of nitrogens with one attached hydrogen (secondary N) is 1. The second-order valence-corrected chi connectivity index (χ2v) is 4.08. The number of hydrogen-bond donors (Lipinski definition) is 2. The number of carboxylic acid groups (broad SMARTS) is 1. The maximum atomic E-state index is 10.8. The van der Waals surface area contributed by atoms with Crippen LogP contribution in [-0.2, 0) is 0 Å². The molecule has 0 aliphatic heterocycles. The van der Waals surface area contributed by atoms with Gasteiger partial charge in [-0.15, -0.1) is 0 Å². The van der Waals surface area contributed by atoms with Gasteiger partial charge >= 0.3 is 5.97 Å². The molecule has 2 rings (SSSR count). The van der Waals surface area contributed by atoms with E-state index < -0.39 is 5.97 Å². The van der Waals surface area contributed by atoms with E-state index in [-0.39, 0.29) is 11.5 Å². The fourth-order valence-corrected chi connectivity index (χ4v) is 1.45. The summed E-state index contributed by atoms with van der Waals surface area (Å²) in [5.41, 5.74) is 0.937. The van der Waals surface area contributed by atoms with E-state index in [1.54, 1.807) is 24.3 Å². The molecule has 0 unspecified atom stereocenters. The van der Waals surface area contributed by atoms with Crippen LogP contribution in [-0.4, -0.2) is 26.3 Å². The van der Waals surface area contributed by atoms with Crippen LogP contribution in [0.2, 0.25) is 0 Å². The third-order valence-corrected chi connectivity index (χ3v) is 2.42. The van der Waals surface area contributed by atoms with Gasteiger partial charge in [-0.1, -0.05) is 26.0 Å². The summed E-state index contributed by atoms with van der Waals surface area (Å²) in [7, 11) is 0. The lowest BCUT2D eigenvalue weighted by Gasteiger charge is -1.98. The van der Waals surface area contributed by atoms with Crippen LogP contribution in [0.25, 0.3) is 11.4 Å². The summed E-state index contributed by atoms with van der Waals surface area (Å²) in [5.74, 6) is 0.628. The van der Waals surface area contributed by atoms with Gasteiger partial charge in [0.05, 0.1) is 5.56 Å². The Kier molecular flexibility index (Phi) is 2.91. The first-order chi connectivity index (χ1) is 8.08. The normalized spacial score (nSPS) is 10.8. The number of hydrogen-bond acceptors (Lipinski definition) is 3. The lowest BCUT2D eigenvalue weighted by molar-refractivity contribution is 0.0697. The first-order valence-corrected chi connectivity index (χ1v) is 5.34. The van der Waals surface area contributed by atoms with Gasteiger partial charge in [-0.25, -0.2) is 9.78 Å². The fraction of sp³-hybridized carbons (Fsp3) is 0.250. The first-order valence-electron chi connectivity index (χ1n) is 5.34. The number of aromatic nitrogens is 3. The molecule has 17 heavy (non-hydrogen) atoms. The second-order valence-electron chi connectivity index (χ2n) is 4.08. The lowest BCUT2D eigenvalue weighted by Crippen LogP contribution is -1.96. The quantitative estimate of drug-likeness (QED) is 0.849. The summed E-state index contributed by atoms with van der Waals surface area (Å²) >= 11 is 0. The Morgan fingerprint density at radius 3 is 2.76 bits per heavy atom. The molecule has 0 saturated heterocycles. The maximum Gasteiger partial charge on any atom is 0.335 e. The molecule has 5 heteroatoms. The summed E-state index contributed by atoms with van der Waals surface area (Å²) < 4.78 is 0. The van der Waals surface area contributed by atoms with Crippen LogP contribution in [0, 0.1) is 0 Å². The maximum absolute atomic E-state index is 10.8. The SMILES string of the molecule is CC(C)c1nc(-c2cccc(C(=O)O)c2)n[nH]1. The average Bonchev–Trinajstić information content (AvgIpc) is 2.78. The van der Waals surface area contributed by atoms with Gasteiger partial charge in [0.1, 0.15) is 5.82 Å². The third-order valence-electron chi connectivity index (χ3n) is 2.42. The Morgan fingerprint density at radius 1 is 1.41 bits per heavy atom. The number of rotatable bonds is 3. The molecule has 2 aromatic rings. The van der Waals surface area contributed by atoms with Crippen molar-refractivity contribution in [1.82, 2.24) is 15.2 Å². The predicted octanol–water partition coefficient (Wildman–Crippen LogP) is 2.29. The van der Waals surface area contributed by atoms with Crippen molar-refractivity contribution in [2.24, 2.45) is 0 Å². The summed E-state index contributed by atoms with van der Waals surface area (Å²) in [5, 5.41) is 15.8. The van der Waals surface area contributed by atoms with Crippen molar-refractivity contribution in [1.29, 1.82) is 0 Å². The molecule has 88 valence electrons. The number of carboxylic acids is 1. The smallest absolute Gasteiger partial charge is 0.335 e. The molecule has 1 heterocycles. The fourth-order valence-electron chi connectivity index (χ4n) is 1.45. The molecule has 0 atom stereocenters. The molecule has 0 radical (unpaired) electrons. The molecule has 0 aliphatic carbocycles. The summed E-state index contributed by atoms with van der Waals surface area (Å²) in [4.78, 5) is 15.2. The molecule has 0 spiro atoms. The van der Waals surface area contributed by atoms with E-state index in [0.29, 0.717) is 11.4 Å². The highest BCUT2D eigenvalue weighted by atomic mass is 16.4. The Morgan fingerprint density at radius 2 is 2.18 bits per heavy atom. The Bertz CT molecular complexity index is 546. The van der Waals surface area contributed by atoms with Crippen molar-refractivity contribution < 1.29 is 9.90 Å². The number of aromatic amines is 1. The highest BCUT2D eigenvalue weighted by Crippen LogP contribution is 2.18. The van der Waals surface area contributed by atoms with Crippen molar-refractivity contribution >= 4 is 5.97 Å². The number of aromatic carboxylic acids is 1. The van der Waals surface area contributed by atoms with E-state index in [2.05, 4.69) is 15.2 Å². The van der Waals surface area contributed by atoms with Gasteiger partial charge in [-0.05, 0) is 12.1 Å². The van der Waals surface area contributed by atoms with Crippen molar-refractivity contribution in [2.75, 3.05) is 0 Å². The molecular weight excluding hydrogens is 218 g/mol. The number of carbonyl (C=O) groups is 1. The number of nitrogens with zero attached hydrogens (tertiary/aromatic N) is 2. The second kappa shape index (κ2) is 4.37. The minimum atomic E-state index is -0.952. The summed E-state index contributed by atoms with van der Waals surface area (Å²) in [6.45, 7) is 4.02. The highest BCUT2D eigenvalue weighted by molar-refractivity contribution is 5.89. The van der Waals surface area contributed by atoms with Crippen LogP contribution in [0.1, 0.15) is 35.9 Å². The van der Waals surface area contributed by atoms with Crippen LogP contribution in [0.5, 0.6) is 0 Å². The van der Waals surface area contributed by atoms with Gasteiger partial charge in [-0.3, -0.25) is 5.10 Å².